The van der Waals surface area contributed by atoms with Crippen molar-refractivity contribution in [1.82, 2.24) is 15.2 Å². The van der Waals surface area contributed by atoms with E-state index in [4.69, 9.17) is 0 Å². The number of aromatic amines is 1. The third-order valence-electron chi connectivity index (χ3n) is 3.79. The molecule has 0 radical (unpaired) electrons. The van der Waals surface area contributed by atoms with Crippen LogP contribution in [0.15, 0.2) is 35.1 Å². The SMILES string of the molecule is CC(=O)NCCN(C(=O)c1cc(=O)[nH]c2ccccc12)C(C)C(=O)O. The molecule has 0 aliphatic carbocycles. The van der Waals surface area contributed by atoms with Gasteiger partial charge in [0.2, 0.25) is 11.5 Å². The minimum absolute atomic E-state index is 0.00695. The Hall–Kier alpha value is -3.16. The van der Waals surface area contributed by atoms with E-state index in [1.165, 1.54) is 13.8 Å². The van der Waals surface area contributed by atoms with Crippen LogP contribution in [0.2, 0.25) is 0 Å². The molecule has 0 aliphatic rings. The Morgan fingerprint density at radius 1 is 1.28 bits per heavy atom. The Balaban J connectivity index is 2.43. The summed E-state index contributed by atoms with van der Waals surface area (Å²) in [7, 11) is 0. The molecule has 0 saturated carbocycles. The van der Waals surface area contributed by atoms with Crippen molar-refractivity contribution in [2.75, 3.05) is 13.1 Å². The van der Waals surface area contributed by atoms with Crippen molar-refractivity contribution in [2.45, 2.75) is 19.9 Å². The largest absolute Gasteiger partial charge is 0.480 e. The zero-order chi connectivity index (χ0) is 18.6. The number of carboxylic acids is 1. The molecule has 8 heteroatoms. The summed E-state index contributed by atoms with van der Waals surface area (Å²) >= 11 is 0. The summed E-state index contributed by atoms with van der Waals surface area (Å²) in [5, 5.41) is 12.3. The molecule has 132 valence electrons. The Bertz CT molecular complexity index is 874. The maximum Gasteiger partial charge on any atom is 0.326 e. The van der Waals surface area contributed by atoms with Crippen molar-refractivity contribution >= 4 is 28.7 Å². The highest BCUT2D eigenvalue weighted by Gasteiger charge is 2.27. The van der Waals surface area contributed by atoms with Gasteiger partial charge in [-0.2, -0.15) is 0 Å². The molecule has 0 aliphatic heterocycles. The fourth-order valence-electron chi connectivity index (χ4n) is 2.49. The van der Waals surface area contributed by atoms with Gasteiger partial charge >= 0.3 is 5.97 Å². The van der Waals surface area contributed by atoms with Crippen molar-refractivity contribution in [3.05, 3.63) is 46.2 Å². The van der Waals surface area contributed by atoms with E-state index in [2.05, 4.69) is 10.3 Å². The molecule has 1 heterocycles. The number of carbonyl (C=O) groups is 3. The van der Waals surface area contributed by atoms with E-state index in [-0.39, 0.29) is 24.6 Å². The second-order valence-corrected chi connectivity index (χ2v) is 5.59. The number of pyridine rings is 1. The number of carbonyl (C=O) groups excluding carboxylic acids is 2. The minimum atomic E-state index is -1.18. The van der Waals surface area contributed by atoms with Crippen molar-refractivity contribution in [1.29, 1.82) is 0 Å². The molecule has 3 N–H and O–H groups in total. The van der Waals surface area contributed by atoms with E-state index in [1.54, 1.807) is 24.3 Å². The Morgan fingerprint density at radius 2 is 1.96 bits per heavy atom. The van der Waals surface area contributed by atoms with E-state index < -0.39 is 23.5 Å². The zero-order valence-corrected chi connectivity index (χ0v) is 13.9. The van der Waals surface area contributed by atoms with Gasteiger partial charge in [-0.25, -0.2) is 4.79 Å². The Morgan fingerprint density at radius 3 is 2.60 bits per heavy atom. The molecule has 25 heavy (non-hydrogen) atoms. The number of aliphatic carboxylic acids is 1. The number of hydrogen-bond acceptors (Lipinski definition) is 4. The second-order valence-electron chi connectivity index (χ2n) is 5.59. The van der Waals surface area contributed by atoms with Crippen LogP contribution >= 0.6 is 0 Å². The monoisotopic (exact) mass is 345 g/mol. The number of rotatable bonds is 6. The molecule has 1 aromatic heterocycles. The average molecular weight is 345 g/mol. The highest BCUT2D eigenvalue weighted by atomic mass is 16.4. The summed E-state index contributed by atoms with van der Waals surface area (Å²) in [6.45, 7) is 2.83. The maximum atomic E-state index is 12.9. The second kappa shape index (κ2) is 7.61. The van der Waals surface area contributed by atoms with Crippen LogP contribution in [0.4, 0.5) is 0 Å². The molecule has 0 spiro atoms. The predicted octanol–water partition coefficient (Wildman–Crippen LogP) is 0.579. The number of amides is 2. The molecule has 2 amide bonds. The molecule has 1 unspecified atom stereocenters. The molecule has 0 saturated heterocycles. The van der Waals surface area contributed by atoms with Crippen LogP contribution in [0, 0.1) is 0 Å². The van der Waals surface area contributed by atoms with Crippen molar-refractivity contribution in [3.8, 4) is 0 Å². The number of aromatic nitrogens is 1. The lowest BCUT2D eigenvalue weighted by Crippen LogP contribution is -2.47. The highest BCUT2D eigenvalue weighted by Crippen LogP contribution is 2.17. The van der Waals surface area contributed by atoms with Crippen molar-refractivity contribution in [3.63, 3.8) is 0 Å². The first kappa shape index (κ1) is 18.2. The van der Waals surface area contributed by atoms with Gasteiger partial charge in [0, 0.05) is 37.0 Å². The van der Waals surface area contributed by atoms with Gasteiger partial charge in [-0.05, 0) is 13.0 Å². The van der Waals surface area contributed by atoms with Gasteiger partial charge in [-0.15, -0.1) is 0 Å². The first-order valence-electron chi connectivity index (χ1n) is 7.71. The predicted molar refractivity (Wildman–Crippen MR) is 91.4 cm³/mol. The van der Waals surface area contributed by atoms with E-state index in [9.17, 15) is 24.3 Å². The van der Waals surface area contributed by atoms with Crippen LogP contribution in [0.3, 0.4) is 0 Å². The number of nitrogens with zero attached hydrogens (tertiary/aromatic N) is 1. The highest BCUT2D eigenvalue weighted by molar-refractivity contribution is 6.06. The van der Waals surface area contributed by atoms with Gasteiger partial charge in [0.25, 0.3) is 5.91 Å². The molecule has 1 atom stereocenters. The minimum Gasteiger partial charge on any atom is -0.480 e. The third-order valence-corrected chi connectivity index (χ3v) is 3.79. The van der Waals surface area contributed by atoms with Gasteiger partial charge in [-0.1, -0.05) is 18.2 Å². The van der Waals surface area contributed by atoms with Crippen LogP contribution in [-0.2, 0) is 9.59 Å². The lowest BCUT2D eigenvalue weighted by Gasteiger charge is -2.27. The smallest absolute Gasteiger partial charge is 0.326 e. The summed E-state index contributed by atoms with van der Waals surface area (Å²) in [4.78, 5) is 50.9. The quantitative estimate of drug-likeness (QED) is 0.707. The van der Waals surface area contributed by atoms with Crippen LogP contribution < -0.4 is 10.9 Å². The molecule has 8 nitrogen and oxygen atoms in total. The molecule has 0 bridgehead atoms. The van der Waals surface area contributed by atoms with Gasteiger partial charge < -0.3 is 20.3 Å². The number of carboxylic acid groups (broad SMARTS) is 1. The first-order chi connectivity index (χ1) is 11.8. The summed E-state index contributed by atoms with van der Waals surface area (Å²) < 4.78 is 0. The normalized spacial score (nSPS) is 11.8. The maximum absolute atomic E-state index is 12.9. The van der Waals surface area contributed by atoms with E-state index in [0.29, 0.717) is 10.9 Å². The molecular weight excluding hydrogens is 326 g/mol. The Kier molecular flexibility index (Phi) is 5.53. The summed E-state index contributed by atoms with van der Waals surface area (Å²) in [6, 6.07) is 6.83. The van der Waals surface area contributed by atoms with Gasteiger partial charge in [0.05, 0.1) is 5.56 Å². The summed E-state index contributed by atoms with van der Waals surface area (Å²) in [5.41, 5.74) is 0.158. The van der Waals surface area contributed by atoms with Crippen LogP contribution in [-0.4, -0.2) is 51.9 Å². The number of H-pyrrole nitrogens is 1. The number of para-hydroxylation sites is 1. The fraction of sp³-hybridized carbons (Fsp3) is 0.294. The van der Waals surface area contributed by atoms with Gasteiger partial charge in [-0.3, -0.25) is 14.4 Å². The van der Waals surface area contributed by atoms with Gasteiger partial charge in [0.1, 0.15) is 6.04 Å². The van der Waals surface area contributed by atoms with E-state index >= 15 is 0 Å². The third kappa shape index (κ3) is 4.23. The molecule has 0 fully saturated rings. The van der Waals surface area contributed by atoms with Crippen LogP contribution in [0.1, 0.15) is 24.2 Å². The number of benzene rings is 1. The average Bonchev–Trinajstić information content (AvgIpc) is 2.56. The van der Waals surface area contributed by atoms with Crippen molar-refractivity contribution in [2.24, 2.45) is 0 Å². The van der Waals surface area contributed by atoms with Crippen LogP contribution in [0.5, 0.6) is 0 Å². The van der Waals surface area contributed by atoms with E-state index in [0.717, 1.165) is 11.0 Å². The Labute approximate surface area is 143 Å². The standard InChI is InChI=1S/C17H19N3O5/c1-10(17(24)25)20(8-7-18-11(2)21)16(23)13-9-15(22)19-14-6-4-3-5-12(13)14/h3-6,9-10H,7-8H2,1-2H3,(H,18,21)(H,19,22)(H,24,25). The first-order valence-corrected chi connectivity index (χ1v) is 7.71. The molecule has 2 aromatic rings. The number of nitrogens with one attached hydrogen (secondary N) is 2. The molecular formula is C17H19N3O5. The van der Waals surface area contributed by atoms with E-state index in [1.807, 2.05) is 0 Å². The molecule has 2 rings (SSSR count). The number of fused-ring (bicyclic) bond motifs is 1. The molecule has 1 aromatic carbocycles. The topological polar surface area (TPSA) is 120 Å². The number of hydrogen-bond donors (Lipinski definition) is 3. The van der Waals surface area contributed by atoms with Crippen LogP contribution in [0.25, 0.3) is 10.9 Å². The van der Waals surface area contributed by atoms with Gasteiger partial charge in [0.15, 0.2) is 0 Å². The lowest BCUT2D eigenvalue weighted by atomic mass is 10.1. The lowest BCUT2D eigenvalue weighted by molar-refractivity contribution is -0.141. The summed E-state index contributed by atoms with van der Waals surface area (Å²) in [5.74, 6) is -2.04. The fourth-order valence-corrected chi connectivity index (χ4v) is 2.49. The zero-order valence-electron chi connectivity index (χ0n) is 13.9. The van der Waals surface area contributed by atoms with Crippen molar-refractivity contribution < 1.29 is 19.5 Å². The summed E-state index contributed by atoms with van der Waals surface area (Å²) in [6.07, 6.45) is 0.